The average Bonchev–Trinajstić information content (AvgIpc) is 2.58. The molecule has 0 saturated carbocycles. The van der Waals surface area contributed by atoms with Crippen molar-refractivity contribution in [2.45, 2.75) is 32.1 Å². The molecule has 1 atom stereocenters. The van der Waals surface area contributed by atoms with Gasteiger partial charge in [0.25, 0.3) is 0 Å². The number of allylic oxidation sites excluding steroid dienone is 2. The third-order valence-electron chi connectivity index (χ3n) is 3.94. The molecule has 1 unspecified atom stereocenters. The van der Waals surface area contributed by atoms with Crippen molar-refractivity contribution in [2.75, 3.05) is 20.8 Å². The molecule has 1 aliphatic rings. The maximum absolute atomic E-state index is 11.9. The minimum atomic E-state index is -0.153. The number of carbonyl (C=O) groups is 1. The van der Waals surface area contributed by atoms with Crippen LogP contribution in [-0.4, -0.2) is 26.8 Å². The first kappa shape index (κ1) is 16.4. The van der Waals surface area contributed by atoms with Crippen LogP contribution in [0.4, 0.5) is 0 Å². The van der Waals surface area contributed by atoms with E-state index < -0.39 is 0 Å². The fourth-order valence-corrected chi connectivity index (χ4v) is 2.68. The molecule has 22 heavy (non-hydrogen) atoms. The monoisotopic (exact) mass is 304 g/mol. The highest BCUT2D eigenvalue weighted by atomic mass is 16.5. The Morgan fingerprint density at radius 2 is 2.09 bits per heavy atom. The van der Waals surface area contributed by atoms with Gasteiger partial charge in [-0.15, -0.1) is 0 Å². The van der Waals surface area contributed by atoms with Crippen LogP contribution in [0.1, 0.15) is 31.2 Å². The van der Waals surface area contributed by atoms with E-state index in [1.165, 1.54) is 0 Å². The Kier molecular flexibility index (Phi) is 6.31. The Hall–Kier alpha value is -1.97. The van der Waals surface area contributed by atoms with Crippen molar-refractivity contribution in [2.24, 2.45) is 5.92 Å². The first-order valence-electron chi connectivity index (χ1n) is 7.75. The molecule has 0 spiro atoms. The molecule has 0 aliphatic heterocycles. The predicted molar refractivity (Wildman–Crippen MR) is 85.3 cm³/mol. The van der Waals surface area contributed by atoms with E-state index in [9.17, 15) is 4.79 Å². The molecule has 0 fully saturated rings. The minimum Gasteiger partial charge on any atom is -0.493 e. The Labute approximate surface area is 132 Å². The molecule has 1 aromatic rings. The summed E-state index contributed by atoms with van der Waals surface area (Å²) in [7, 11) is 3.21. The van der Waals surface area contributed by atoms with Crippen LogP contribution >= 0.6 is 0 Å². The maximum atomic E-state index is 11.9. The van der Waals surface area contributed by atoms with E-state index in [0.717, 1.165) is 24.8 Å². The van der Waals surface area contributed by atoms with Crippen LogP contribution in [0.15, 0.2) is 30.4 Å². The van der Waals surface area contributed by atoms with Gasteiger partial charge in [-0.25, -0.2) is 0 Å². The third-order valence-corrected chi connectivity index (χ3v) is 3.94. The summed E-state index contributed by atoms with van der Waals surface area (Å²) in [5.74, 6) is 1.69. The second-order valence-corrected chi connectivity index (χ2v) is 5.49. The van der Waals surface area contributed by atoms with Crippen LogP contribution in [0.3, 0.4) is 0 Å². The van der Waals surface area contributed by atoms with Crippen molar-refractivity contribution in [3.05, 3.63) is 35.9 Å². The van der Waals surface area contributed by atoms with Crippen molar-refractivity contribution in [1.82, 2.24) is 0 Å². The fraction of sp³-hybridized carbons (Fsp3) is 0.500. The molecule has 0 heterocycles. The number of ether oxygens (including phenoxy) is 3. The topological polar surface area (TPSA) is 44.8 Å². The van der Waals surface area contributed by atoms with Crippen molar-refractivity contribution < 1.29 is 19.0 Å². The summed E-state index contributed by atoms with van der Waals surface area (Å²) in [6, 6.07) is 5.69. The van der Waals surface area contributed by atoms with Gasteiger partial charge < -0.3 is 14.2 Å². The molecule has 1 aliphatic carbocycles. The lowest BCUT2D eigenvalue weighted by Crippen LogP contribution is -2.15. The normalized spacial score (nSPS) is 17.1. The second kappa shape index (κ2) is 8.47. The Morgan fingerprint density at radius 3 is 2.77 bits per heavy atom. The van der Waals surface area contributed by atoms with E-state index in [0.29, 0.717) is 36.9 Å². The Bertz CT molecular complexity index is 522. The lowest BCUT2D eigenvalue weighted by atomic mass is 9.95. The number of rotatable bonds is 7. The predicted octanol–water partition coefficient (Wildman–Crippen LogP) is 3.54. The molecule has 0 saturated heterocycles. The van der Waals surface area contributed by atoms with Crippen LogP contribution in [0.2, 0.25) is 0 Å². The van der Waals surface area contributed by atoms with Gasteiger partial charge in [0.15, 0.2) is 11.5 Å². The molecule has 120 valence electrons. The van der Waals surface area contributed by atoms with Gasteiger partial charge in [0.05, 0.1) is 20.8 Å². The van der Waals surface area contributed by atoms with Crippen LogP contribution in [0.5, 0.6) is 11.5 Å². The largest absolute Gasteiger partial charge is 0.493 e. The number of benzene rings is 1. The highest BCUT2D eigenvalue weighted by Gasteiger charge is 2.14. The smallest absolute Gasteiger partial charge is 0.306 e. The first-order chi connectivity index (χ1) is 10.7. The molecule has 1 aromatic carbocycles. The van der Waals surface area contributed by atoms with Crippen LogP contribution in [0.25, 0.3) is 0 Å². The summed E-state index contributed by atoms with van der Waals surface area (Å²) in [6.45, 7) is 0.526. The fourth-order valence-electron chi connectivity index (χ4n) is 2.68. The van der Waals surface area contributed by atoms with Gasteiger partial charge in [0, 0.05) is 6.42 Å². The molecular weight excluding hydrogens is 280 g/mol. The molecule has 2 rings (SSSR count). The van der Waals surface area contributed by atoms with Crippen molar-refractivity contribution >= 4 is 5.97 Å². The average molecular weight is 304 g/mol. The van der Waals surface area contributed by atoms with Crippen LogP contribution in [-0.2, 0) is 16.0 Å². The van der Waals surface area contributed by atoms with E-state index in [-0.39, 0.29) is 5.97 Å². The standard InChI is InChI=1S/C18H24O4/c1-20-16-10-6-9-15(18(16)21-2)11-12-17(19)22-13-14-7-4-3-5-8-14/h3-4,6,9-10,14H,5,7-8,11-13H2,1-2H3. The molecule has 0 amide bonds. The lowest BCUT2D eigenvalue weighted by molar-refractivity contribution is -0.145. The van der Waals surface area contributed by atoms with E-state index >= 15 is 0 Å². The van der Waals surface area contributed by atoms with Crippen LogP contribution < -0.4 is 9.47 Å². The molecule has 0 aromatic heterocycles. The molecule has 4 heteroatoms. The number of para-hydroxylation sites is 1. The van der Waals surface area contributed by atoms with Crippen LogP contribution in [0, 0.1) is 5.92 Å². The summed E-state index contributed by atoms with van der Waals surface area (Å²) < 4.78 is 16.0. The summed E-state index contributed by atoms with van der Waals surface area (Å²) >= 11 is 0. The molecular formula is C18H24O4. The van der Waals surface area contributed by atoms with Gasteiger partial charge >= 0.3 is 5.97 Å². The number of esters is 1. The summed E-state index contributed by atoms with van der Waals surface area (Å²) in [4.78, 5) is 11.9. The van der Waals surface area contributed by atoms with E-state index in [4.69, 9.17) is 14.2 Å². The number of carbonyl (C=O) groups excluding carboxylic acids is 1. The van der Waals surface area contributed by atoms with Gasteiger partial charge in [0.1, 0.15) is 0 Å². The molecule has 0 bridgehead atoms. The van der Waals surface area contributed by atoms with Gasteiger partial charge in [0.2, 0.25) is 0 Å². The zero-order valence-corrected chi connectivity index (χ0v) is 13.3. The number of aryl methyl sites for hydroxylation is 1. The summed E-state index contributed by atoms with van der Waals surface area (Å²) in [5, 5.41) is 0. The van der Waals surface area contributed by atoms with Crippen molar-refractivity contribution in [3.63, 3.8) is 0 Å². The quantitative estimate of drug-likeness (QED) is 0.571. The third kappa shape index (κ3) is 4.52. The number of methoxy groups -OCH3 is 2. The lowest BCUT2D eigenvalue weighted by Gasteiger charge is -2.17. The van der Waals surface area contributed by atoms with Crippen molar-refractivity contribution in [1.29, 1.82) is 0 Å². The number of hydrogen-bond donors (Lipinski definition) is 0. The maximum Gasteiger partial charge on any atom is 0.306 e. The number of hydrogen-bond acceptors (Lipinski definition) is 4. The van der Waals surface area contributed by atoms with E-state index in [2.05, 4.69) is 12.2 Å². The zero-order valence-electron chi connectivity index (χ0n) is 13.3. The zero-order chi connectivity index (χ0) is 15.8. The molecule has 0 N–H and O–H groups in total. The SMILES string of the molecule is COc1cccc(CCC(=O)OCC2CC=CCC2)c1OC. The first-order valence-corrected chi connectivity index (χ1v) is 7.75. The van der Waals surface area contributed by atoms with E-state index in [1.807, 2.05) is 18.2 Å². The highest BCUT2D eigenvalue weighted by Crippen LogP contribution is 2.31. The Morgan fingerprint density at radius 1 is 1.23 bits per heavy atom. The van der Waals surface area contributed by atoms with Gasteiger partial charge in [-0.2, -0.15) is 0 Å². The van der Waals surface area contributed by atoms with Gasteiger partial charge in [-0.1, -0.05) is 24.3 Å². The summed E-state index contributed by atoms with van der Waals surface area (Å²) in [6.07, 6.45) is 8.50. The summed E-state index contributed by atoms with van der Waals surface area (Å²) in [5.41, 5.74) is 0.958. The van der Waals surface area contributed by atoms with Crippen molar-refractivity contribution in [3.8, 4) is 11.5 Å². The highest BCUT2D eigenvalue weighted by molar-refractivity contribution is 5.70. The molecule has 0 radical (unpaired) electrons. The second-order valence-electron chi connectivity index (χ2n) is 5.49. The van der Waals surface area contributed by atoms with Gasteiger partial charge in [-0.3, -0.25) is 4.79 Å². The Balaban J connectivity index is 1.82. The minimum absolute atomic E-state index is 0.153. The van der Waals surface area contributed by atoms with Gasteiger partial charge in [-0.05, 0) is 43.2 Å². The van der Waals surface area contributed by atoms with E-state index in [1.54, 1.807) is 14.2 Å². The molecule has 4 nitrogen and oxygen atoms in total.